The highest BCUT2D eigenvalue weighted by molar-refractivity contribution is 7.18. The zero-order chi connectivity index (χ0) is 14.5. The van der Waals surface area contributed by atoms with Gasteiger partial charge < -0.3 is 14.8 Å². The first-order chi connectivity index (χ1) is 10.3. The van der Waals surface area contributed by atoms with E-state index in [-0.39, 0.29) is 18.6 Å². The molecule has 1 atom stereocenters. The molecule has 5 nitrogen and oxygen atoms in total. The summed E-state index contributed by atoms with van der Waals surface area (Å²) in [6, 6.07) is 7.95. The molecule has 21 heavy (non-hydrogen) atoms. The maximum Gasteiger partial charge on any atom is 0.246 e. The number of rotatable bonds is 6. The predicted octanol–water partition coefficient (Wildman–Crippen LogP) is 2.11. The van der Waals surface area contributed by atoms with Gasteiger partial charge in [0.05, 0.1) is 29.5 Å². The Morgan fingerprint density at radius 3 is 3.19 bits per heavy atom. The first kappa shape index (κ1) is 14.4. The molecule has 1 amide bonds. The highest BCUT2D eigenvalue weighted by Gasteiger charge is 2.16. The van der Waals surface area contributed by atoms with Crippen molar-refractivity contribution in [2.75, 3.05) is 19.8 Å². The fourth-order valence-electron chi connectivity index (χ4n) is 2.28. The molecule has 0 unspecified atom stereocenters. The molecule has 112 valence electrons. The quantitative estimate of drug-likeness (QED) is 0.888. The van der Waals surface area contributed by atoms with Crippen LogP contribution in [0, 0.1) is 0 Å². The van der Waals surface area contributed by atoms with E-state index >= 15 is 0 Å². The largest absolute Gasteiger partial charge is 0.376 e. The van der Waals surface area contributed by atoms with Crippen molar-refractivity contribution in [3.05, 3.63) is 29.3 Å². The summed E-state index contributed by atoms with van der Waals surface area (Å²) in [5.41, 5.74) is 0.974. The van der Waals surface area contributed by atoms with Crippen LogP contribution < -0.4 is 5.32 Å². The van der Waals surface area contributed by atoms with Gasteiger partial charge in [0.1, 0.15) is 11.6 Å². The van der Waals surface area contributed by atoms with E-state index in [4.69, 9.17) is 9.47 Å². The van der Waals surface area contributed by atoms with Crippen LogP contribution in [0.5, 0.6) is 0 Å². The topological polar surface area (TPSA) is 60.5 Å². The van der Waals surface area contributed by atoms with Crippen molar-refractivity contribution >= 4 is 27.5 Å². The maximum absolute atomic E-state index is 11.7. The van der Waals surface area contributed by atoms with E-state index in [1.54, 1.807) is 11.3 Å². The molecule has 1 fully saturated rings. The van der Waals surface area contributed by atoms with Crippen molar-refractivity contribution in [2.24, 2.45) is 0 Å². The predicted molar refractivity (Wildman–Crippen MR) is 81.3 cm³/mol. The molecule has 0 aliphatic carbocycles. The number of amides is 1. The van der Waals surface area contributed by atoms with Crippen LogP contribution in [-0.2, 0) is 20.8 Å². The average Bonchev–Trinajstić information content (AvgIpc) is 3.13. The van der Waals surface area contributed by atoms with Crippen LogP contribution in [-0.4, -0.2) is 36.8 Å². The molecule has 0 saturated carbocycles. The summed E-state index contributed by atoms with van der Waals surface area (Å²) in [6.07, 6.45) is 2.26. The SMILES string of the molecule is O=C(COC[C@@H]1CCCO1)NCc1nc2ccccc2s1. The number of nitrogens with one attached hydrogen (secondary N) is 1. The third-order valence-corrected chi connectivity index (χ3v) is 4.37. The number of carbonyl (C=O) groups excluding carboxylic acids is 1. The van der Waals surface area contributed by atoms with Crippen molar-refractivity contribution in [1.82, 2.24) is 10.3 Å². The van der Waals surface area contributed by atoms with Gasteiger partial charge in [0.2, 0.25) is 5.91 Å². The number of hydrogen-bond donors (Lipinski definition) is 1. The molecule has 6 heteroatoms. The first-order valence-corrected chi connectivity index (χ1v) is 7.93. The van der Waals surface area contributed by atoms with Gasteiger partial charge in [0.25, 0.3) is 0 Å². The van der Waals surface area contributed by atoms with Crippen LogP contribution in [0.4, 0.5) is 0 Å². The summed E-state index contributed by atoms with van der Waals surface area (Å²) in [5.74, 6) is -0.118. The molecule has 1 N–H and O–H groups in total. The van der Waals surface area contributed by atoms with Crippen LogP contribution >= 0.6 is 11.3 Å². The number of benzene rings is 1. The maximum atomic E-state index is 11.7. The van der Waals surface area contributed by atoms with Crippen molar-refractivity contribution < 1.29 is 14.3 Å². The van der Waals surface area contributed by atoms with Gasteiger partial charge >= 0.3 is 0 Å². The Morgan fingerprint density at radius 1 is 1.48 bits per heavy atom. The Kier molecular flexibility index (Phi) is 4.80. The minimum absolute atomic E-state index is 0.0742. The van der Waals surface area contributed by atoms with Gasteiger partial charge in [0, 0.05) is 6.61 Å². The molecular weight excluding hydrogens is 288 g/mol. The number of thiazole rings is 1. The van der Waals surface area contributed by atoms with E-state index in [0.717, 1.165) is 34.7 Å². The Bertz CT molecular complexity index is 575. The molecular formula is C15H18N2O3S. The summed E-state index contributed by atoms with van der Waals surface area (Å²) in [6.45, 7) is 1.82. The molecule has 1 aromatic heterocycles. The number of fused-ring (bicyclic) bond motifs is 1. The number of aromatic nitrogens is 1. The normalized spacial score (nSPS) is 18.2. The number of ether oxygens (including phenoxy) is 2. The van der Waals surface area contributed by atoms with Gasteiger partial charge in [-0.05, 0) is 25.0 Å². The van der Waals surface area contributed by atoms with E-state index in [9.17, 15) is 4.79 Å². The van der Waals surface area contributed by atoms with Crippen molar-refractivity contribution in [3.8, 4) is 0 Å². The fraction of sp³-hybridized carbons (Fsp3) is 0.467. The number of carbonyl (C=O) groups is 1. The third-order valence-electron chi connectivity index (χ3n) is 3.34. The molecule has 1 saturated heterocycles. The summed E-state index contributed by atoms with van der Waals surface area (Å²) in [5, 5.41) is 3.73. The molecule has 3 rings (SSSR count). The van der Waals surface area contributed by atoms with Crippen molar-refractivity contribution in [2.45, 2.75) is 25.5 Å². The molecule has 0 radical (unpaired) electrons. The molecule has 2 heterocycles. The molecule has 0 bridgehead atoms. The van der Waals surface area contributed by atoms with Gasteiger partial charge in [-0.25, -0.2) is 4.98 Å². The zero-order valence-electron chi connectivity index (χ0n) is 11.7. The number of hydrogen-bond acceptors (Lipinski definition) is 5. The van der Waals surface area contributed by atoms with E-state index in [1.165, 1.54) is 0 Å². The van der Waals surface area contributed by atoms with Crippen LogP contribution in [0.25, 0.3) is 10.2 Å². The molecule has 1 aliphatic rings. The summed E-state index contributed by atoms with van der Waals surface area (Å²) >= 11 is 1.60. The monoisotopic (exact) mass is 306 g/mol. The Labute approximate surface area is 127 Å². The Balaban J connectivity index is 1.40. The van der Waals surface area contributed by atoms with Gasteiger partial charge in [-0.3, -0.25) is 4.79 Å². The second-order valence-corrected chi connectivity index (χ2v) is 6.12. The average molecular weight is 306 g/mol. The Hall–Kier alpha value is -1.50. The Morgan fingerprint density at radius 2 is 2.38 bits per heavy atom. The van der Waals surface area contributed by atoms with Gasteiger partial charge in [-0.2, -0.15) is 0 Å². The highest BCUT2D eigenvalue weighted by Crippen LogP contribution is 2.21. The molecule has 2 aromatic rings. The molecule has 1 aromatic carbocycles. The summed E-state index contributed by atoms with van der Waals surface area (Å²) < 4.78 is 11.9. The van der Waals surface area contributed by atoms with Gasteiger partial charge in [-0.1, -0.05) is 12.1 Å². The molecule has 1 aliphatic heterocycles. The third kappa shape index (κ3) is 4.00. The van der Waals surface area contributed by atoms with Gasteiger partial charge in [0.15, 0.2) is 0 Å². The van der Waals surface area contributed by atoms with E-state index < -0.39 is 0 Å². The van der Waals surface area contributed by atoms with Crippen LogP contribution in [0.3, 0.4) is 0 Å². The first-order valence-electron chi connectivity index (χ1n) is 7.12. The van der Waals surface area contributed by atoms with Crippen molar-refractivity contribution in [3.63, 3.8) is 0 Å². The van der Waals surface area contributed by atoms with Crippen molar-refractivity contribution in [1.29, 1.82) is 0 Å². The standard InChI is InChI=1S/C15H18N2O3S/c18-14(10-19-9-11-4-3-7-20-11)16-8-15-17-12-5-1-2-6-13(12)21-15/h1-2,5-6,11H,3-4,7-10H2,(H,16,18)/t11-/m0/s1. The lowest BCUT2D eigenvalue weighted by molar-refractivity contribution is -0.127. The summed E-state index contributed by atoms with van der Waals surface area (Å²) in [4.78, 5) is 16.2. The number of para-hydroxylation sites is 1. The lowest BCUT2D eigenvalue weighted by atomic mass is 10.2. The molecule has 0 spiro atoms. The highest BCUT2D eigenvalue weighted by atomic mass is 32.1. The smallest absolute Gasteiger partial charge is 0.246 e. The van der Waals surface area contributed by atoms with Crippen LogP contribution in [0.15, 0.2) is 24.3 Å². The second kappa shape index (κ2) is 6.98. The van der Waals surface area contributed by atoms with E-state index in [2.05, 4.69) is 10.3 Å². The minimum Gasteiger partial charge on any atom is -0.376 e. The van der Waals surface area contributed by atoms with Gasteiger partial charge in [-0.15, -0.1) is 11.3 Å². The number of nitrogens with zero attached hydrogens (tertiary/aromatic N) is 1. The lowest BCUT2D eigenvalue weighted by Crippen LogP contribution is -2.28. The zero-order valence-corrected chi connectivity index (χ0v) is 12.5. The lowest BCUT2D eigenvalue weighted by Gasteiger charge is -2.09. The second-order valence-electron chi connectivity index (χ2n) is 5.00. The van der Waals surface area contributed by atoms with Crippen LogP contribution in [0.2, 0.25) is 0 Å². The van der Waals surface area contributed by atoms with Crippen LogP contribution in [0.1, 0.15) is 17.8 Å². The fourth-order valence-corrected chi connectivity index (χ4v) is 3.19. The summed E-state index contributed by atoms with van der Waals surface area (Å²) in [7, 11) is 0. The van der Waals surface area contributed by atoms with E-state index in [0.29, 0.717) is 13.2 Å². The minimum atomic E-state index is -0.118. The van der Waals surface area contributed by atoms with E-state index in [1.807, 2.05) is 24.3 Å².